The van der Waals surface area contributed by atoms with E-state index < -0.39 is 11.4 Å². The zero-order chi connectivity index (χ0) is 11.9. The number of carboxylic acids is 1. The number of carbonyl (C=O) groups excluding carboxylic acids is 1. The number of amides is 1. The molecule has 2 saturated carbocycles. The predicted molar refractivity (Wildman–Crippen MR) is 58.9 cm³/mol. The van der Waals surface area contributed by atoms with Crippen LogP contribution in [0.4, 0.5) is 0 Å². The van der Waals surface area contributed by atoms with Crippen molar-refractivity contribution in [2.45, 2.75) is 45.6 Å². The van der Waals surface area contributed by atoms with E-state index in [1.54, 1.807) is 4.90 Å². The molecule has 16 heavy (non-hydrogen) atoms. The molecule has 0 bridgehead atoms. The molecule has 4 nitrogen and oxygen atoms in total. The first-order chi connectivity index (χ1) is 7.47. The molecule has 4 heteroatoms. The Morgan fingerprint density at radius 1 is 1.38 bits per heavy atom. The van der Waals surface area contributed by atoms with Crippen LogP contribution in [0.2, 0.25) is 0 Å². The third-order valence-corrected chi connectivity index (χ3v) is 3.60. The first-order valence-corrected chi connectivity index (χ1v) is 6.02. The highest BCUT2D eigenvalue weighted by Crippen LogP contribution is 2.48. The van der Waals surface area contributed by atoms with Gasteiger partial charge in [-0.05, 0) is 45.4 Å². The molecule has 1 N–H and O–H groups in total. The zero-order valence-corrected chi connectivity index (χ0v) is 9.90. The Kier molecular flexibility index (Phi) is 2.68. The quantitative estimate of drug-likeness (QED) is 0.721. The molecule has 0 aliphatic heterocycles. The van der Waals surface area contributed by atoms with E-state index in [4.69, 9.17) is 5.11 Å². The van der Waals surface area contributed by atoms with Gasteiger partial charge in [-0.3, -0.25) is 9.59 Å². The molecule has 0 atom stereocenters. The van der Waals surface area contributed by atoms with Gasteiger partial charge in [-0.1, -0.05) is 0 Å². The number of hydrogen-bond acceptors (Lipinski definition) is 2. The smallest absolute Gasteiger partial charge is 0.319 e. The molecule has 0 aromatic heterocycles. The lowest BCUT2D eigenvalue weighted by molar-refractivity contribution is -0.154. The Morgan fingerprint density at radius 3 is 2.25 bits per heavy atom. The van der Waals surface area contributed by atoms with Gasteiger partial charge in [-0.2, -0.15) is 0 Å². The fourth-order valence-electron chi connectivity index (χ4n) is 2.03. The first-order valence-electron chi connectivity index (χ1n) is 6.02. The van der Waals surface area contributed by atoms with Crippen LogP contribution in [0.25, 0.3) is 0 Å². The highest BCUT2D eigenvalue weighted by Gasteiger charge is 2.59. The van der Waals surface area contributed by atoms with Crippen LogP contribution in [0.15, 0.2) is 0 Å². The number of rotatable bonds is 5. The van der Waals surface area contributed by atoms with E-state index in [1.165, 1.54) is 12.8 Å². The van der Waals surface area contributed by atoms with E-state index >= 15 is 0 Å². The summed E-state index contributed by atoms with van der Waals surface area (Å²) in [7, 11) is 0. The number of hydrogen-bond donors (Lipinski definition) is 1. The van der Waals surface area contributed by atoms with Gasteiger partial charge in [-0.15, -0.1) is 0 Å². The van der Waals surface area contributed by atoms with Crippen LogP contribution >= 0.6 is 0 Å². The molecule has 0 unspecified atom stereocenters. The Bertz CT molecular complexity index is 316. The minimum Gasteiger partial charge on any atom is -0.480 e. The predicted octanol–water partition coefficient (Wildman–Crippen LogP) is 1.50. The van der Waals surface area contributed by atoms with Crippen molar-refractivity contribution < 1.29 is 14.7 Å². The van der Waals surface area contributed by atoms with E-state index in [0.717, 1.165) is 6.54 Å². The maximum absolute atomic E-state index is 12.2. The van der Waals surface area contributed by atoms with E-state index in [1.807, 2.05) is 13.8 Å². The van der Waals surface area contributed by atoms with E-state index in [0.29, 0.717) is 18.8 Å². The first kappa shape index (κ1) is 11.4. The molecule has 1 amide bonds. The molecular formula is C12H19NO3. The monoisotopic (exact) mass is 225 g/mol. The van der Waals surface area contributed by atoms with Crippen molar-refractivity contribution in [1.82, 2.24) is 4.90 Å². The van der Waals surface area contributed by atoms with E-state index in [2.05, 4.69) is 0 Å². The number of aliphatic carboxylic acids is 1. The SMILES string of the molecule is CC(C)N(CC1CC1)C(=O)C1(C(=O)O)CC1. The summed E-state index contributed by atoms with van der Waals surface area (Å²) in [5.41, 5.74) is -1.07. The fourth-order valence-corrected chi connectivity index (χ4v) is 2.03. The fraction of sp³-hybridized carbons (Fsp3) is 0.833. The second-order valence-corrected chi connectivity index (χ2v) is 5.38. The Morgan fingerprint density at radius 2 is 1.94 bits per heavy atom. The number of carbonyl (C=O) groups is 2. The molecule has 90 valence electrons. The highest BCUT2D eigenvalue weighted by atomic mass is 16.4. The summed E-state index contributed by atoms with van der Waals surface area (Å²) in [6, 6.07) is 0.102. The molecular weight excluding hydrogens is 206 g/mol. The van der Waals surface area contributed by atoms with Gasteiger partial charge < -0.3 is 10.0 Å². The van der Waals surface area contributed by atoms with Crippen LogP contribution in [-0.4, -0.2) is 34.5 Å². The Labute approximate surface area is 95.6 Å². The standard InChI is InChI=1S/C12H19NO3/c1-8(2)13(7-9-3-4-9)10(14)12(5-6-12)11(15)16/h8-9H,3-7H2,1-2H3,(H,15,16). The van der Waals surface area contributed by atoms with Crippen LogP contribution < -0.4 is 0 Å². The van der Waals surface area contributed by atoms with Crippen molar-refractivity contribution in [2.75, 3.05) is 6.54 Å². The summed E-state index contributed by atoms with van der Waals surface area (Å²) >= 11 is 0. The third-order valence-electron chi connectivity index (χ3n) is 3.60. The van der Waals surface area contributed by atoms with Crippen molar-refractivity contribution in [3.05, 3.63) is 0 Å². The Hall–Kier alpha value is -1.06. The van der Waals surface area contributed by atoms with Crippen LogP contribution in [0, 0.1) is 11.3 Å². The highest BCUT2D eigenvalue weighted by molar-refractivity contribution is 6.04. The van der Waals surface area contributed by atoms with Crippen molar-refractivity contribution in [3.63, 3.8) is 0 Å². The summed E-state index contributed by atoms with van der Waals surface area (Å²) in [6.45, 7) is 4.65. The van der Waals surface area contributed by atoms with Crippen LogP contribution in [-0.2, 0) is 9.59 Å². The second-order valence-electron chi connectivity index (χ2n) is 5.38. The lowest BCUT2D eigenvalue weighted by atomic mass is 10.0. The molecule has 2 aliphatic carbocycles. The molecule has 0 spiro atoms. The third kappa shape index (κ3) is 1.93. The second kappa shape index (κ2) is 3.75. The molecule has 0 radical (unpaired) electrons. The minimum atomic E-state index is -1.07. The molecule has 2 rings (SSSR count). The van der Waals surface area contributed by atoms with Gasteiger partial charge >= 0.3 is 5.97 Å². The largest absolute Gasteiger partial charge is 0.480 e. The van der Waals surface area contributed by atoms with Crippen LogP contribution in [0.1, 0.15) is 39.5 Å². The average molecular weight is 225 g/mol. The average Bonchev–Trinajstić information content (AvgIpc) is 3.06. The lowest BCUT2D eigenvalue weighted by Crippen LogP contribution is -2.45. The van der Waals surface area contributed by atoms with Crippen molar-refractivity contribution in [3.8, 4) is 0 Å². The van der Waals surface area contributed by atoms with Gasteiger partial charge in [0.15, 0.2) is 0 Å². The van der Waals surface area contributed by atoms with Gasteiger partial charge in [0.25, 0.3) is 0 Å². The topological polar surface area (TPSA) is 57.6 Å². The summed E-state index contributed by atoms with van der Waals surface area (Å²) in [4.78, 5) is 25.1. The van der Waals surface area contributed by atoms with Gasteiger partial charge in [0, 0.05) is 12.6 Å². The summed E-state index contributed by atoms with van der Waals surface area (Å²) in [5, 5.41) is 9.11. The normalized spacial score (nSPS) is 21.9. The maximum Gasteiger partial charge on any atom is 0.319 e. The van der Waals surface area contributed by atoms with Gasteiger partial charge in [0.05, 0.1) is 0 Å². The lowest BCUT2D eigenvalue weighted by Gasteiger charge is -2.29. The molecule has 0 saturated heterocycles. The number of carboxylic acid groups (broad SMARTS) is 1. The van der Waals surface area contributed by atoms with Crippen LogP contribution in [0.3, 0.4) is 0 Å². The molecule has 0 aromatic rings. The summed E-state index contributed by atoms with van der Waals surface area (Å²) in [5.74, 6) is -0.503. The zero-order valence-electron chi connectivity index (χ0n) is 9.90. The molecule has 2 fully saturated rings. The Balaban J connectivity index is 2.07. The molecule has 0 aromatic carbocycles. The van der Waals surface area contributed by atoms with Crippen molar-refractivity contribution in [2.24, 2.45) is 11.3 Å². The van der Waals surface area contributed by atoms with Gasteiger partial charge in [0.2, 0.25) is 5.91 Å². The van der Waals surface area contributed by atoms with Gasteiger partial charge in [0.1, 0.15) is 5.41 Å². The van der Waals surface area contributed by atoms with Crippen molar-refractivity contribution >= 4 is 11.9 Å². The van der Waals surface area contributed by atoms with Crippen LogP contribution in [0.5, 0.6) is 0 Å². The maximum atomic E-state index is 12.2. The van der Waals surface area contributed by atoms with Crippen molar-refractivity contribution in [1.29, 1.82) is 0 Å². The van der Waals surface area contributed by atoms with E-state index in [-0.39, 0.29) is 11.9 Å². The van der Waals surface area contributed by atoms with Gasteiger partial charge in [-0.25, -0.2) is 0 Å². The van der Waals surface area contributed by atoms with E-state index in [9.17, 15) is 9.59 Å². The summed E-state index contributed by atoms with van der Waals surface area (Å²) in [6.07, 6.45) is 3.37. The molecule has 0 heterocycles. The minimum absolute atomic E-state index is 0.102. The summed E-state index contributed by atoms with van der Waals surface area (Å²) < 4.78 is 0. The molecule has 2 aliphatic rings. The number of nitrogens with zero attached hydrogens (tertiary/aromatic N) is 1.